The van der Waals surface area contributed by atoms with Gasteiger partial charge in [0.1, 0.15) is 35.6 Å². The lowest BCUT2D eigenvalue weighted by Crippen LogP contribution is -2.31. The molecule has 8 nitrogen and oxygen atoms in total. The summed E-state index contributed by atoms with van der Waals surface area (Å²) in [7, 11) is 3.53. The summed E-state index contributed by atoms with van der Waals surface area (Å²) in [5.74, 6) is 1.94. The number of imidazole rings is 2. The number of hydrogen-bond donors (Lipinski definition) is 1. The van der Waals surface area contributed by atoms with Crippen molar-refractivity contribution >= 4 is 11.6 Å². The molecule has 1 amide bonds. The molecular weight excluding hydrogens is 454 g/mol. The molecule has 0 aliphatic heterocycles. The number of methoxy groups -OCH3 is 1. The van der Waals surface area contributed by atoms with Crippen molar-refractivity contribution in [1.82, 2.24) is 24.3 Å². The van der Waals surface area contributed by atoms with Crippen molar-refractivity contribution in [2.75, 3.05) is 7.11 Å². The third kappa shape index (κ3) is 4.93. The molecule has 5 rings (SSSR count). The number of pyridine rings is 1. The number of carbonyl (C=O) groups is 1. The fraction of sp³-hybridized carbons (Fsp3) is 0.179. The van der Waals surface area contributed by atoms with Gasteiger partial charge in [-0.3, -0.25) is 4.79 Å². The van der Waals surface area contributed by atoms with Gasteiger partial charge in [0.25, 0.3) is 5.91 Å². The zero-order valence-corrected chi connectivity index (χ0v) is 20.4. The van der Waals surface area contributed by atoms with Crippen LogP contribution >= 0.6 is 0 Å². The molecule has 1 N–H and O–H groups in total. The molecule has 1 unspecified atom stereocenters. The maximum Gasteiger partial charge on any atom is 0.252 e. The highest BCUT2D eigenvalue weighted by Crippen LogP contribution is 2.24. The fourth-order valence-corrected chi connectivity index (χ4v) is 4.05. The number of ether oxygens (including phenoxy) is 2. The van der Waals surface area contributed by atoms with E-state index in [9.17, 15) is 4.79 Å². The Morgan fingerprint density at radius 3 is 2.44 bits per heavy atom. The van der Waals surface area contributed by atoms with Crippen LogP contribution in [0, 0.1) is 6.92 Å². The molecular formula is C28H27N5O3. The van der Waals surface area contributed by atoms with Crippen molar-refractivity contribution in [3.8, 4) is 11.5 Å². The van der Waals surface area contributed by atoms with Gasteiger partial charge in [0.15, 0.2) is 0 Å². The number of benzene rings is 2. The lowest BCUT2D eigenvalue weighted by Gasteiger charge is -2.19. The molecule has 0 saturated heterocycles. The van der Waals surface area contributed by atoms with E-state index in [-0.39, 0.29) is 5.91 Å². The van der Waals surface area contributed by atoms with E-state index in [1.807, 2.05) is 77.9 Å². The van der Waals surface area contributed by atoms with Crippen molar-refractivity contribution in [2.45, 2.75) is 19.6 Å². The average molecular weight is 482 g/mol. The molecule has 0 bridgehead atoms. The minimum atomic E-state index is -0.419. The van der Waals surface area contributed by atoms with E-state index in [0.717, 1.165) is 28.5 Å². The van der Waals surface area contributed by atoms with Gasteiger partial charge in [-0.1, -0.05) is 18.2 Å². The summed E-state index contributed by atoms with van der Waals surface area (Å²) in [5, 5.41) is 3.11. The molecule has 1 atom stereocenters. The van der Waals surface area contributed by atoms with Crippen LogP contribution in [0.4, 0.5) is 0 Å². The molecule has 36 heavy (non-hydrogen) atoms. The number of carbonyl (C=O) groups excluding carboxylic acids is 1. The minimum Gasteiger partial charge on any atom is -0.497 e. The normalized spacial score (nSPS) is 11.9. The molecule has 0 aliphatic rings. The Morgan fingerprint density at radius 1 is 1.00 bits per heavy atom. The van der Waals surface area contributed by atoms with Crippen LogP contribution in [-0.4, -0.2) is 32.0 Å². The van der Waals surface area contributed by atoms with Crippen molar-refractivity contribution in [2.24, 2.45) is 7.05 Å². The molecule has 182 valence electrons. The highest BCUT2D eigenvalue weighted by molar-refractivity contribution is 5.94. The van der Waals surface area contributed by atoms with Crippen LogP contribution in [0.1, 0.15) is 39.0 Å². The number of aryl methyl sites for hydroxylation is 2. The summed E-state index contributed by atoms with van der Waals surface area (Å²) in [4.78, 5) is 22.2. The number of amides is 1. The van der Waals surface area contributed by atoms with Crippen LogP contribution in [0.15, 0.2) is 85.5 Å². The first-order valence-electron chi connectivity index (χ1n) is 11.6. The third-order valence-corrected chi connectivity index (χ3v) is 5.99. The fourth-order valence-electron chi connectivity index (χ4n) is 4.05. The molecule has 0 spiro atoms. The first-order chi connectivity index (χ1) is 17.5. The Kier molecular flexibility index (Phi) is 6.40. The zero-order valence-electron chi connectivity index (χ0n) is 20.4. The van der Waals surface area contributed by atoms with Crippen molar-refractivity contribution in [3.63, 3.8) is 0 Å². The molecule has 0 saturated carbocycles. The Hall–Kier alpha value is -4.59. The maximum atomic E-state index is 13.1. The maximum absolute atomic E-state index is 13.1. The molecule has 0 aliphatic carbocycles. The van der Waals surface area contributed by atoms with Gasteiger partial charge in [-0.05, 0) is 60.5 Å². The predicted molar refractivity (Wildman–Crippen MR) is 136 cm³/mol. The second kappa shape index (κ2) is 9.95. The predicted octanol–water partition coefficient (Wildman–Crippen LogP) is 4.48. The average Bonchev–Trinajstić information content (AvgIpc) is 3.51. The third-order valence-electron chi connectivity index (χ3n) is 5.99. The van der Waals surface area contributed by atoms with Crippen LogP contribution in [0.25, 0.3) is 5.65 Å². The standard InChI is InChI=1S/C28H27N5O3/c1-19-4-13-25-30-22(17-33(25)16-19)18-36-24-11-7-21(8-12-24)28(34)31-26(27-29-14-15-32(27)2)20-5-9-23(35-3)10-6-20/h4-17,26H,18H2,1-3H3,(H,31,34). The summed E-state index contributed by atoms with van der Waals surface area (Å²) in [6, 6.07) is 18.3. The summed E-state index contributed by atoms with van der Waals surface area (Å²) in [5.41, 5.74) is 4.31. The number of aromatic nitrogens is 4. The monoisotopic (exact) mass is 481 g/mol. The second-order valence-corrected chi connectivity index (χ2v) is 8.59. The number of rotatable bonds is 8. The SMILES string of the molecule is COc1ccc(C(NC(=O)c2ccc(OCc3cn4cc(C)ccc4n3)cc2)c2nccn2C)cc1. The molecule has 2 aromatic carbocycles. The van der Waals surface area contributed by atoms with E-state index in [1.165, 1.54) is 5.56 Å². The Morgan fingerprint density at radius 2 is 1.75 bits per heavy atom. The van der Waals surface area contributed by atoms with Gasteiger partial charge in [0.2, 0.25) is 0 Å². The molecule has 5 aromatic rings. The first kappa shape index (κ1) is 23.2. The molecule has 0 fully saturated rings. The van der Waals surface area contributed by atoms with Crippen molar-refractivity contribution < 1.29 is 14.3 Å². The molecule has 3 aromatic heterocycles. The number of fused-ring (bicyclic) bond motifs is 1. The number of hydrogen-bond acceptors (Lipinski definition) is 5. The van der Waals surface area contributed by atoms with Crippen LogP contribution in [0.2, 0.25) is 0 Å². The Labute approximate surface area is 209 Å². The first-order valence-corrected chi connectivity index (χ1v) is 11.6. The van der Waals surface area contributed by atoms with Crippen LogP contribution in [0.3, 0.4) is 0 Å². The lowest BCUT2D eigenvalue weighted by atomic mass is 10.0. The van der Waals surface area contributed by atoms with Gasteiger partial charge in [-0.2, -0.15) is 0 Å². The van der Waals surface area contributed by atoms with E-state index in [0.29, 0.717) is 17.9 Å². The van der Waals surface area contributed by atoms with E-state index < -0.39 is 6.04 Å². The van der Waals surface area contributed by atoms with Gasteiger partial charge < -0.3 is 23.8 Å². The van der Waals surface area contributed by atoms with E-state index >= 15 is 0 Å². The van der Waals surface area contributed by atoms with Crippen LogP contribution in [0.5, 0.6) is 11.5 Å². The van der Waals surface area contributed by atoms with E-state index in [4.69, 9.17) is 9.47 Å². The van der Waals surface area contributed by atoms with Gasteiger partial charge >= 0.3 is 0 Å². The van der Waals surface area contributed by atoms with Gasteiger partial charge in [0, 0.05) is 37.4 Å². The number of nitrogens with one attached hydrogen (secondary N) is 1. The summed E-state index contributed by atoms with van der Waals surface area (Å²) in [6.07, 6.45) is 7.56. The van der Waals surface area contributed by atoms with Crippen molar-refractivity contribution in [3.05, 3.63) is 114 Å². The molecule has 8 heteroatoms. The van der Waals surface area contributed by atoms with Gasteiger partial charge in [-0.15, -0.1) is 0 Å². The van der Waals surface area contributed by atoms with E-state index in [1.54, 1.807) is 37.6 Å². The smallest absolute Gasteiger partial charge is 0.252 e. The summed E-state index contributed by atoms with van der Waals surface area (Å²) in [6.45, 7) is 2.38. The highest BCUT2D eigenvalue weighted by atomic mass is 16.5. The van der Waals surface area contributed by atoms with Crippen LogP contribution in [-0.2, 0) is 13.7 Å². The summed E-state index contributed by atoms with van der Waals surface area (Å²) >= 11 is 0. The van der Waals surface area contributed by atoms with Gasteiger partial charge in [-0.25, -0.2) is 9.97 Å². The minimum absolute atomic E-state index is 0.207. The largest absolute Gasteiger partial charge is 0.497 e. The zero-order chi connectivity index (χ0) is 25.1. The van der Waals surface area contributed by atoms with E-state index in [2.05, 4.69) is 15.3 Å². The Balaban J connectivity index is 1.28. The summed E-state index contributed by atoms with van der Waals surface area (Å²) < 4.78 is 15.1. The number of nitrogens with zero attached hydrogens (tertiary/aromatic N) is 4. The second-order valence-electron chi connectivity index (χ2n) is 8.59. The molecule has 0 radical (unpaired) electrons. The topological polar surface area (TPSA) is 82.7 Å². The van der Waals surface area contributed by atoms with Crippen LogP contribution < -0.4 is 14.8 Å². The van der Waals surface area contributed by atoms with Crippen molar-refractivity contribution in [1.29, 1.82) is 0 Å². The highest BCUT2D eigenvalue weighted by Gasteiger charge is 2.21. The quantitative estimate of drug-likeness (QED) is 0.353. The molecule has 3 heterocycles. The Bertz CT molecular complexity index is 1490. The lowest BCUT2D eigenvalue weighted by molar-refractivity contribution is 0.0941. The van der Waals surface area contributed by atoms with Gasteiger partial charge in [0.05, 0.1) is 12.8 Å².